The van der Waals surface area contributed by atoms with Gasteiger partial charge in [-0.25, -0.2) is 13.1 Å². The molecule has 2 aromatic carbocycles. The molecule has 4 nitrogen and oxygen atoms in total. The summed E-state index contributed by atoms with van der Waals surface area (Å²) in [6.45, 7) is 0.180. The van der Waals surface area contributed by atoms with E-state index < -0.39 is 10.0 Å². The Hall–Kier alpha value is -1.47. The van der Waals surface area contributed by atoms with E-state index in [2.05, 4.69) is 25.6 Å². The Morgan fingerprint density at radius 2 is 1.91 bits per heavy atom. The number of rotatable bonds is 4. The summed E-state index contributed by atoms with van der Waals surface area (Å²) in [4.78, 5) is 4.39. The van der Waals surface area contributed by atoms with Gasteiger partial charge in [-0.05, 0) is 51.8 Å². The molecule has 0 aliphatic heterocycles. The number of para-hydroxylation sites is 1. The summed E-state index contributed by atoms with van der Waals surface area (Å²) < 4.78 is 28.1. The topological polar surface area (TPSA) is 59.1 Å². The van der Waals surface area contributed by atoms with Gasteiger partial charge in [-0.3, -0.25) is 4.98 Å². The first kappa shape index (κ1) is 16.4. The van der Waals surface area contributed by atoms with Gasteiger partial charge in [-0.2, -0.15) is 0 Å². The summed E-state index contributed by atoms with van der Waals surface area (Å²) in [5.74, 6) is 0. The molecule has 0 saturated heterocycles. The lowest BCUT2D eigenvalue weighted by molar-refractivity contribution is 0.581. The van der Waals surface area contributed by atoms with Crippen LogP contribution >= 0.6 is 27.5 Å². The van der Waals surface area contributed by atoms with Crippen molar-refractivity contribution in [3.8, 4) is 0 Å². The van der Waals surface area contributed by atoms with Crippen molar-refractivity contribution >= 4 is 48.5 Å². The second-order valence-electron chi connectivity index (χ2n) is 4.89. The predicted molar refractivity (Wildman–Crippen MR) is 94.9 cm³/mol. The van der Waals surface area contributed by atoms with Crippen molar-refractivity contribution in [2.45, 2.75) is 11.4 Å². The lowest BCUT2D eigenvalue weighted by Gasteiger charge is -2.09. The van der Waals surface area contributed by atoms with Crippen LogP contribution in [-0.4, -0.2) is 13.4 Å². The van der Waals surface area contributed by atoms with Crippen LogP contribution in [0.3, 0.4) is 0 Å². The van der Waals surface area contributed by atoms with E-state index in [4.69, 9.17) is 11.6 Å². The van der Waals surface area contributed by atoms with Crippen molar-refractivity contribution in [1.29, 1.82) is 0 Å². The monoisotopic (exact) mass is 410 g/mol. The van der Waals surface area contributed by atoms with Crippen LogP contribution in [0.15, 0.2) is 64.1 Å². The van der Waals surface area contributed by atoms with E-state index in [0.717, 1.165) is 16.5 Å². The molecule has 0 saturated carbocycles. The van der Waals surface area contributed by atoms with E-state index in [-0.39, 0.29) is 11.4 Å². The second kappa shape index (κ2) is 6.57. The van der Waals surface area contributed by atoms with Crippen molar-refractivity contribution in [2.24, 2.45) is 0 Å². The van der Waals surface area contributed by atoms with Gasteiger partial charge in [0.15, 0.2) is 0 Å². The lowest BCUT2D eigenvalue weighted by atomic mass is 10.1. The maximum atomic E-state index is 12.4. The van der Waals surface area contributed by atoms with E-state index in [1.54, 1.807) is 18.3 Å². The quantitative estimate of drug-likeness (QED) is 0.702. The van der Waals surface area contributed by atoms with E-state index in [1.165, 1.54) is 12.1 Å². The summed E-state index contributed by atoms with van der Waals surface area (Å²) in [7, 11) is -3.64. The highest BCUT2D eigenvalue weighted by Gasteiger charge is 2.15. The van der Waals surface area contributed by atoms with Crippen molar-refractivity contribution in [1.82, 2.24) is 9.71 Å². The van der Waals surface area contributed by atoms with Gasteiger partial charge in [0.2, 0.25) is 10.0 Å². The molecule has 3 aromatic rings. The van der Waals surface area contributed by atoms with Gasteiger partial charge in [-0.1, -0.05) is 29.8 Å². The van der Waals surface area contributed by atoms with Crippen molar-refractivity contribution in [2.75, 3.05) is 0 Å². The van der Waals surface area contributed by atoms with E-state index in [9.17, 15) is 8.42 Å². The molecule has 0 radical (unpaired) electrons. The van der Waals surface area contributed by atoms with Crippen molar-refractivity contribution in [3.05, 3.63) is 69.8 Å². The molecule has 3 rings (SSSR count). The Labute approximate surface area is 147 Å². The zero-order chi connectivity index (χ0) is 16.4. The highest BCUT2D eigenvalue weighted by Crippen LogP contribution is 2.25. The molecule has 0 fully saturated rings. The second-order valence-corrected chi connectivity index (χ2v) is 7.92. The lowest BCUT2D eigenvalue weighted by Crippen LogP contribution is -2.23. The molecule has 7 heteroatoms. The zero-order valence-corrected chi connectivity index (χ0v) is 15.0. The number of sulfonamides is 1. The molecule has 1 heterocycles. The first-order valence-electron chi connectivity index (χ1n) is 6.75. The van der Waals surface area contributed by atoms with Crippen LogP contribution in [0.1, 0.15) is 5.56 Å². The van der Waals surface area contributed by atoms with Crippen LogP contribution in [0.4, 0.5) is 0 Å². The predicted octanol–water partition coefficient (Wildman–Crippen LogP) is 4.13. The van der Waals surface area contributed by atoms with Gasteiger partial charge in [0, 0.05) is 22.6 Å². The molecule has 0 aliphatic carbocycles. The third-order valence-electron chi connectivity index (χ3n) is 3.39. The highest BCUT2D eigenvalue weighted by molar-refractivity contribution is 9.10. The third-order valence-corrected chi connectivity index (χ3v) is 6.02. The number of hydrogen-bond acceptors (Lipinski definition) is 3. The normalized spacial score (nSPS) is 11.7. The van der Waals surface area contributed by atoms with Crippen molar-refractivity contribution < 1.29 is 8.42 Å². The number of aromatic nitrogens is 1. The van der Waals surface area contributed by atoms with Gasteiger partial charge >= 0.3 is 0 Å². The molecular weight excluding hydrogens is 400 g/mol. The maximum Gasteiger partial charge on any atom is 0.240 e. The molecule has 1 N–H and O–H groups in total. The Morgan fingerprint density at radius 1 is 1.13 bits per heavy atom. The maximum absolute atomic E-state index is 12.4. The number of nitrogens with zero attached hydrogens (tertiary/aromatic N) is 1. The van der Waals surface area contributed by atoms with E-state index in [1.807, 2.05) is 24.3 Å². The van der Waals surface area contributed by atoms with Crippen molar-refractivity contribution in [3.63, 3.8) is 0 Å². The summed E-state index contributed by atoms with van der Waals surface area (Å²) in [6.07, 6.45) is 1.67. The van der Waals surface area contributed by atoms with Gasteiger partial charge in [0.1, 0.15) is 0 Å². The van der Waals surface area contributed by atoms with E-state index in [0.29, 0.717) is 9.50 Å². The van der Waals surface area contributed by atoms with Gasteiger partial charge in [0.05, 0.1) is 15.4 Å². The molecule has 1 aromatic heterocycles. The van der Waals surface area contributed by atoms with Crippen LogP contribution in [0.5, 0.6) is 0 Å². The molecule has 0 unspecified atom stereocenters. The first-order chi connectivity index (χ1) is 11.0. The van der Waals surface area contributed by atoms with Crippen LogP contribution in [0.2, 0.25) is 5.02 Å². The molecule has 0 aliphatic rings. The van der Waals surface area contributed by atoms with Crippen LogP contribution in [0, 0.1) is 0 Å². The Morgan fingerprint density at radius 3 is 2.70 bits per heavy atom. The molecule has 0 bridgehead atoms. The molecule has 0 atom stereocenters. The number of pyridine rings is 1. The summed E-state index contributed by atoms with van der Waals surface area (Å²) in [5.41, 5.74) is 1.69. The van der Waals surface area contributed by atoms with Crippen LogP contribution < -0.4 is 4.72 Å². The smallest absolute Gasteiger partial charge is 0.240 e. The fraction of sp³-hybridized carbons (Fsp3) is 0.0625. The van der Waals surface area contributed by atoms with Gasteiger partial charge in [0.25, 0.3) is 0 Å². The largest absolute Gasteiger partial charge is 0.256 e. The number of halogens is 2. The average Bonchev–Trinajstić information content (AvgIpc) is 2.55. The SMILES string of the molecule is O=S(=O)(NCc1ccnc2ccccc12)c1ccc(Br)c(Cl)c1. The number of benzene rings is 2. The first-order valence-corrected chi connectivity index (χ1v) is 9.40. The highest BCUT2D eigenvalue weighted by atomic mass is 79.9. The standard InChI is InChI=1S/C16H12BrClN2O2S/c17-14-6-5-12(9-15(14)18)23(21,22)20-10-11-7-8-19-16-4-2-1-3-13(11)16/h1-9,20H,10H2. The molecule has 23 heavy (non-hydrogen) atoms. The molecule has 0 amide bonds. The number of fused-ring (bicyclic) bond motifs is 1. The van der Waals surface area contributed by atoms with Gasteiger partial charge in [-0.15, -0.1) is 0 Å². The minimum absolute atomic E-state index is 0.129. The summed E-state index contributed by atoms with van der Waals surface area (Å²) >= 11 is 9.21. The number of nitrogens with one attached hydrogen (secondary N) is 1. The number of hydrogen-bond donors (Lipinski definition) is 1. The average molecular weight is 412 g/mol. The fourth-order valence-corrected chi connectivity index (χ4v) is 3.73. The molecular formula is C16H12BrClN2O2S. The van der Waals surface area contributed by atoms with Gasteiger partial charge < -0.3 is 0 Å². The minimum atomic E-state index is -3.64. The Balaban J connectivity index is 1.87. The fourth-order valence-electron chi connectivity index (χ4n) is 2.21. The third kappa shape index (κ3) is 3.55. The molecule has 118 valence electrons. The van der Waals surface area contributed by atoms with Crippen LogP contribution in [0.25, 0.3) is 10.9 Å². The summed E-state index contributed by atoms with van der Waals surface area (Å²) in [5, 5.41) is 1.27. The van der Waals surface area contributed by atoms with Crippen LogP contribution in [-0.2, 0) is 16.6 Å². The zero-order valence-electron chi connectivity index (χ0n) is 11.8. The molecule has 0 spiro atoms. The van der Waals surface area contributed by atoms with E-state index >= 15 is 0 Å². The Bertz CT molecular complexity index is 971. The minimum Gasteiger partial charge on any atom is -0.256 e. The summed E-state index contributed by atoms with van der Waals surface area (Å²) in [6, 6.07) is 13.9. The Kier molecular flexibility index (Phi) is 4.68.